The van der Waals surface area contributed by atoms with Crippen LogP contribution in [0.2, 0.25) is 0 Å². The van der Waals surface area contributed by atoms with E-state index in [1.165, 1.54) is 6.07 Å². The van der Waals surface area contributed by atoms with Crippen molar-refractivity contribution >= 4 is 0 Å². The third-order valence-electron chi connectivity index (χ3n) is 2.95. The molecule has 1 atom stereocenters. The number of halogens is 1. The van der Waals surface area contributed by atoms with Crippen LogP contribution in [-0.2, 0) is 6.54 Å². The molecule has 1 aromatic carbocycles. The molecule has 0 spiro atoms. The zero-order chi connectivity index (χ0) is 14.5. The summed E-state index contributed by atoms with van der Waals surface area (Å²) >= 11 is 0. The van der Waals surface area contributed by atoms with Crippen LogP contribution in [0.5, 0.6) is 0 Å². The fourth-order valence-electron chi connectivity index (χ4n) is 2.09. The van der Waals surface area contributed by atoms with Crippen molar-refractivity contribution in [2.75, 3.05) is 20.1 Å². The molecule has 0 heterocycles. The molecule has 1 rings (SSSR count). The van der Waals surface area contributed by atoms with Crippen LogP contribution in [0.4, 0.5) is 4.39 Å². The van der Waals surface area contributed by atoms with Crippen LogP contribution in [0, 0.1) is 11.7 Å². The van der Waals surface area contributed by atoms with Crippen LogP contribution in [0.1, 0.15) is 33.3 Å². The molecule has 0 aliphatic rings. The summed E-state index contributed by atoms with van der Waals surface area (Å²) in [5.74, 6) is 0.408. The van der Waals surface area contributed by atoms with E-state index >= 15 is 0 Å². The third kappa shape index (κ3) is 7.28. The Hall–Kier alpha value is -0.930. The molecule has 0 aromatic heterocycles. The Morgan fingerprint density at radius 3 is 2.58 bits per heavy atom. The average Bonchev–Trinajstić information content (AvgIpc) is 2.25. The summed E-state index contributed by atoms with van der Waals surface area (Å²) in [7, 11) is 2.08. The van der Waals surface area contributed by atoms with Crippen molar-refractivity contribution in [2.45, 2.75) is 39.8 Å². The maximum Gasteiger partial charge on any atom is 0.123 e. The summed E-state index contributed by atoms with van der Waals surface area (Å²) in [5.41, 5.74) is 1.19. The summed E-state index contributed by atoms with van der Waals surface area (Å²) in [6, 6.07) is 6.83. The van der Waals surface area contributed by atoms with Gasteiger partial charge in [0.25, 0.3) is 0 Å². The summed E-state index contributed by atoms with van der Waals surface area (Å²) in [5, 5.41) is 3.51. The highest BCUT2D eigenvalue weighted by Gasteiger charge is 2.12. The Labute approximate surface area is 117 Å². The van der Waals surface area contributed by atoms with E-state index < -0.39 is 0 Å². The lowest BCUT2D eigenvalue weighted by molar-refractivity contribution is 0.261. The molecule has 0 bridgehead atoms. The summed E-state index contributed by atoms with van der Waals surface area (Å²) in [6.45, 7) is 11.6. The van der Waals surface area contributed by atoms with E-state index in [2.05, 4.69) is 45.0 Å². The second-order valence-electron chi connectivity index (χ2n) is 6.56. The number of nitrogens with one attached hydrogen (secondary N) is 1. The molecule has 3 heteroatoms. The minimum Gasteiger partial charge on any atom is -0.312 e. The molecule has 2 nitrogen and oxygen atoms in total. The van der Waals surface area contributed by atoms with Crippen molar-refractivity contribution in [2.24, 2.45) is 5.92 Å². The van der Waals surface area contributed by atoms with Crippen LogP contribution in [-0.4, -0.2) is 30.6 Å². The minimum absolute atomic E-state index is 0.159. The van der Waals surface area contributed by atoms with Gasteiger partial charge in [0.15, 0.2) is 0 Å². The maximum atomic E-state index is 13.1. The van der Waals surface area contributed by atoms with E-state index in [-0.39, 0.29) is 11.4 Å². The van der Waals surface area contributed by atoms with Crippen molar-refractivity contribution in [3.8, 4) is 0 Å². The van der Waals surface area contributed by atoms with E-state index in [1.807, 2.05) is 6.07 Å². The van der Waals surface area contributed by atoms with E-state index in [4.69, 9.17) is 0 Å². The molecule has 0 saturated carbocycles. The number of hydrogen-bond donors (Lipinski definition) is 1. The summed E-state index contributed by atoms with van der Waals surface area (Å²) in [6.07, 6.45) is 0. The molecular weight excluding hydrogens is 239 g/mol. The van der Waals surface area contributed by atoms with Gasteiger partial charge in [0, 0.05) is 18.6 Å². The lowest BCUT2D eigenvalue weighted by atomic mass is 10.1. The number of benzene rings is 1. The Bertz CT molecular complexity index is 385. The highest BCUT2D eigenvalue weighted by atomic mass is 19.1. The van der Waals surface area contributed by atoms with Gasteiger partial charge in [0.2, 0.25) is 0 Å². The molecule has 19 heavy (non-hydrogen) atoms. The van der Waals surface area contributed by atoms with Crippen molar-refractivity contribution in [3.05, 3.63) is 35.6 Å². The fraction of sp³-hybridized carbons (Fsp3) is 0.625. The van der Waals surface area contributed by atoms with E-state index in [0.717, 1.165) is 25.2 Å². The SMILES string of the molecule is CC(CNC(C)(C)C)CN(C)Cc1cccc(F)c1. The van der Waals surface area contributed by atoms with Crippen molar-refractivity contribution in [3.63, 3.8) is 0 Å². The molecule has 0 saturated heterocycles. The monoisotopic (exact) mass is 266 g/mol. The predicted octanol–water partition coefficient (Wildman–Crippen LogP) is 3.28. The molecule has 1 unspecified atom stereocenters. The number of rotatable bonds is 6. The van der Waals surface area contributed by atoms with Crippen LogP contribution in [0.15, 0.2) is 24.3 Å². The smallest absolute Gasteiger partial charge is 0.123 e. The maximum absolute atomic E-state index is 13.1. The number of nitrogens with zero attached hydrogens (tertiary/aromatic N) is 1. The predicted molar refractivity (Wildman–Crippen MR) is 79.7 cm³/mol. The molecule has 1 N–H and O–H groups in total. The van der Waals surface area contributed by atoms with Gasteiger partial charge in [-0.3, -0.25) is 0 Å². The molecule has 0 fully saturated rings. The zero-order valence-electron chi connectivity index (χ0n) is 12.8. The first kappa shape index (κ1) is 16.1. The van der Waals surface area contributed by atoms with Crippen LogP contribution in [0.25, 0.3) is 0 Å². The van der Waals surface area contributed by atoms with E-state index in [0.29, 0.717) is 5.92 Å². The van der Waals surface area contributed by atoms with Gasteiger partial charge in [-0.25, -0.2) is 4.39 Å². The molecule has 0 radical (unpaired) electrons. The quantitative estimate of drug-likeness (QED) is 0.850. The average molecular weight is 266 g/mol. The van der Waals surface area contributed by atoms with Crippen molar-refractivity contribution < 1.29 is 4.39 Å². The largest absolute Gasteiger partial charge is 0.312 e. The van der Waals surface area contributed by atoms with E-state index in [9.17, 15) is 4.39 Å². The lowest BCUT2D eigenvalue weighted by Crippen LogP contribution is -2.40. The minimum atomic E-state index is -0.159. The molecule has 0 aliphatic heterocycles. The van der Waals surface area contributed by atoms with Gasteiger partial charge in [-0.2, -0.15) is 0 Å². The molecule has 0 amide bonds. The van der Waals surface area contributed by atoms with Gasteiger partial charge in [-0.15, -0.1) is 0 Å². The van der Waals surface area contributed by atoms with Gasteiger partial charge >= 0.3 is 0 Å². The normalized spacial score (nSPS) is 13.8. The van der Waals surface area contributed by atoms with Gasteiger partial charge in [0.05, 0.1) is 0 Å². The Balaban J connectivity index is 2.36. The Morgan fingerprint density at radius 1 is 1.32 bits per heavy atom. The third-order valence-corrected chi connectivity index (χ3v) is 2.95. The molecule has 108 valence electrons. The Kier molecular flexibility index (Phi) is 5.95. The van der Waals surface area contributed by atoms with Crippen LogP contribution >= 0.6 is 0 Å². The highest BCUT2D eigenvalue weighted by molar-refractivity contribution is 5.15. The second kappa shape index (κ2) is 7.01. The zero-order valence-corrected chi connectivity index (χ0v) is 12.8. The molecular formula is C16H27FN2. The van der Waals surface area contributed by atoms with Gasteiger partial charge in [0.1, 0.15) is 5.82 Å². The van der Waals surface area contributed by atoms with Crippen LogP contribution < -0.4 is 5.32 Å². The topological polar surface area (TPSA) is 15.3 Å². The Morgan fingerprint density at radius 2 is 2.00 bits per heavy atom. The number of hydrogen-bond acceptors (Lipinski definition) is 2. The van der Waals surface area contributed by atoms with Crippen molar-refractivity contribution in [1.82, 2.24) is 10.2 Å². The second-order valence-corrected chi connectivity index (χ2v) is 6.56. The summed E-state index contributed by atoms with van der Waals surface area (Å²) < 4.78 is 13.1. The van der Waals surface area contributed by atoms with Gasteiger partial charge < -0.3 is 10.2 Å². The first-order valence-electron chi connectivity index (χ1n) is 6.94. The lowest BCUT2D eigenvalue weighted by Gasteiger charge is -2.26. The van der Waals surface area contributed by atoms with Gasteiger partial charge in [-0.1, -0.05) is 19.1 Å². The van der Waals surface area contributed by atoms with Gasteiger partial charge in [-0.05, 0) is 58.0 Å². The first-order valence-corrected chi connectivity index (χ1v) is 6.94. The highest BCUT2D eigenvalue weighted by Crippen LogP contribution is 2.08. The molecule has 0 aliphatic carbocycles. The standard InChI is InChI=1S/C16H27FN2/c1-13(10-18-16(2,3)4)11-19(5)12-14-7-6-8-15(17)9-14/h6-9,13,18H,10-12H2,1-5H3. The first-order chi connectivity index (χ1) is 8.76. The van der Waals surface area contributed by atoms with Crippen LogP contribution in [0.3, 0.4) is 0 Å². The van der Waals surface area contributed by atoms with E-state index in [1.54, 1.807) is 12.1 Å². The summed E-state index contributed by atoms with van der Waals surface area (Å²) in [4.78, 5) is 2.24. The fourth-order valence-corrected chi connectivity index (χ4v) is 2.09. The van der Waals surface area contributed by atoms with Crippen molar-refractivity contribution in [1.29, 1.82) is 0 Å². The molecule has 1 aromatic rings.